The molecule has 1 aromatic heterocycles. The van der Waals surface area contributed by atoms with Gasteiger partial charge in [-0.1, -0.05) is 32.1 Å². The second-order valence-corrected chi connectivity index (χ2v) is 4.95. The quantitative estimate of drug-likeness (QED) is 0.812. The molecular formula is C14H20N2O. The maximum absolute atomic E-state index is 12.1. The molecule has 17 heavy (non-hydrogen) atoms. The second kappa shape index (κ2) is 5.92. The lowest BCUT2D eigenvalue weighted by molar-refractivity contribution is 0.0944. The first kappa shape index (κ1) is 12.2. The average Bonchev–Trinajstić information content (AvgIpc) is 2.40. The van der Waals surface area contributed by atoms with Gasteiger partial charge in [-0.3, -0.25) is 9.78 Å². The van der Waals surface area contributed by atoms with Crippen LogP contribution < -0.4 is 5.73 Å². The number of aromatic nitrogens is 1. The molecule has 1 atom stereocenters. The number of nitrogens with two attached hydrogens (primary N) is 1. The molecule has 0 spiro atoms. The molecule has 0 amide bonds. The molecule has 2 N–H and O–H groups in total. The van der Waals surface area contributed by atoms with E-state index in [-0.39, 0.29) is 11.8 Å². The van der Waals surface area contributed by atoms with Gasteiger partial charge in [0.2, 0.25) is 0 Å². The van der Waals surface area contributed by atoms with Crippen molar-refractivity contribution in [2.45, 2.75) is 44.6 Å². The van der Waals surface area contributed by atoms with Gasteiger partial charge < -0.3 is 5.73 Å². The monoisotopic (exact) mass is 232 g/mol. The summed E-state index contributed by atoms with van der Waals surface area (Å²) in [6.07, 6.45) is 10.5. The largest absolute Gasteiger partial charge is 0.321 e. The van der Waals surface area contributed by atoms with Crippen LogP contribution in [0.15, 0.2) is 24.5 Å². The van der Waals surface area contributed by atoms with E-state index in [1.807, 2.05) is 0 Å². The molecule has 1 aliphatic rings. The van der Waals surface area contributed by atoms with Gasteiger partial charge in [-0.05, 0) is 24.5 Å². The Hall–Kier alpha value is -1.22. The Bertz CT molecular complexity index is 358. The van der Waals surface area contributed by atoms with Crippen LogP contribution in [-0.2, 0) is 0 Å². The number of carbonyl (C=O) groups excluding carboxylic acids is 1. The molecule has 0 aliphatic heterocycles. The molecular weight excluding hydrogens is 212 g/mol. The molecule has 0 aromatic carbocycles. The van der Waals surface area contributed by atoms with Gasteiger partial charge in [0, 0.05) is 18.0 Å². The van der Waals surface area contributed by atoms with Crippen LogP contribution >= 0.6 is 0 Å². The van der Waals surface area contributed by atoms with E-state index in [0.717, 1.165) is 6.42 Å². The smallest absolute Gasteiger partial charge is 0.179 e. The van der Waals surface area contributed by atoms with Crippen LogP contribution in [0.2, 0.25) is 0 Å². The highest BCUT2D eigenvalue weighted by molar-refractivity contribution is 5.99. The van der Waals surface area contributed by atoms with Crippen LogP contribution in [0.1, 0.15) is 48.9 Å². The van der Waals surface area contributed by atoms with Crippen molar-refractivity contribution in [3.63, 3.8) is 0 Å². The summed E-state index contributed by atoms with van der Waals surface area (Å²) < 4.78 is 0. The summed E-state index contributed by atoms with van der Waals surface area (Å²) in [5.74, 6) is 0.697. The standard InChI is InChI=1S/C14H20N2O/c15-13(10-11-4-2-1-3-5-11)14(17)12-6-8-16-9-7-12/h6-9,11,13H,1-5,10,15H2. The molecule has 1 fully saturated rings. The summed E-state index contributed by atoms with van der Waals surface area (Å²) in [6.45, 7) is 0. The topological polar surface area (TPSA) is 56.0 Å². The zero-order chi connectivity index (χ0) is 12.1. The molecule has 2 rings (SSSR count). The highest BCUT2D eigenvalue weighted by Crippen LogP contribution is 2.27. The predicted molar refractivity (Wildman–Crippen MR) is 67.7 cm³/mol. The molecule has 1 saturated carbocycles. The van der Waals surface area contributed by atoms with E-state index in [2.05, 4.69) is 4.98 Å². The Kier molecular flexibility index (Phi) is 4.26. The zero-order valence-corrected chi connectivity index (χ0v) is 10.1. The minimum Gasteiger partial charge on any atom is -0.321 e. The first-order valence-electron chi connectivity index (χ1n) is 6.47. The van der Waals surface area contributed by atoms with Gasteiger partial charge in [-0.25, -0.2) is 0 Å². The maximum atomic E-state index is 12.1. The summed E-state index contributed by atoms with van der Waals surface area (Å²) in [6, 6.07) is 3.13. The highest BCUT2D eigenvalue weighted by atomic mass is 16.1. The van der Waals surface area contributed by atoms with Gasteiger partial charge in [0.15, 0.2) is 5.78 Å². The number of hydrogen-bond donors (Lipinski definition) is 1. The Morgan fingerprint density at radius 2 is 1.94 bits per heavy atom. The van der Waals surface area contributed by atoms with E-state index in [0.29, 0.717) is 11.5 Å². The number of rotatable bonds is 4. The SMILES string of the molecule is NC(CC1CCCCC1)C(=O)c1ccncc1. The molecule has 1 aromatic rings. The van der Waals surface area contributed by atoms with Crippen LogP contribution in [-0.4, -0.2) is 16.8 Å². The van der Waals surface area contributed by atoms with Crippen LogP contribution in [0.25, 0.3) is 0 Å². The third-order valence-corrected chi connectivity index (χ3v) is 3.61. The predicted octanol–water partition coefficient (Wildman–Crippen LogP) is 2.56. The Labute approximate surface area is 102 Å². The van der Waals surface area contributed by atoms with Crippen LogP contribution in [0.4, 0.5) is 0 Å². The van der Waals surface area contributed by atoms with Gasteiger partial charge in [-0.2, -0.15) is 0 Å². The van der Waals surface area contributed by atoms with E-state index in [4.69, 9.17) is 5.73 Å². The van der Waals surface area contributed by atoms with E-state index in [1.165, 1.54) is 32.1 Å². The van der Waals surface area contributed by atoms with Crippen molar-refractivity contribution in [2.75, 3.05) is 0 Å². The van der Waals surface area contributed by atoms with E-state index in [9.17, 15) is 4.79 Å². The van der Waals surface area contributed by atoms with E-state index < -0.39 is 0 Å². The molecule has 1 unspecified atom stereocenters. The maximum Gasteiger partial charge on any atom is 0.179 e. The van der Waals surface area contributed by atoms with Gasteiger partial charge in [0.25, 0.3) is 0 Å². The first-order chi connectivity index (χ1) is 8.27. The first-order valence-corrected chi connectivity index (χ1v) is 6.47. The van der Waals surface area contributed by atoms with Crippen molar-refractivity contribution >= 4 is 5.78 Å². The van der Waals surface area contributed by atoms with Gasteiger partial charge in [-0.15, -0.1) is 0 Å². The third-order valence-electron chi connectivity index (χ3n) is 3.61. The van der Waals surface area contributed by atoms with E-state index >= 15 is 0 Å². The van der Waals surface area contributed by atoms with E-state index in [1.54, 1.807) is 24.5 Å². The molecule has 92 valence electrons. The molecule has 0 radical (unpaired) electrons. The van der Waals surface area contributed by atoms with Crippen LogP contribution in [0, 0.1) is 5.92 Å². The molecule has 0 bridgehead atoms. The van der Waals surface area contributed by atoms with Crippen molar-refractivity contribution in [3.8, 4) is 0 Å². The molecule has 1 aliphatic carbocycles. The minimum absolute atomic E-state index is 0.0537. The van der Waals surface area contributed by atoms with Crippen molar-refractivity contribution in [1.82, 2.24) is 4.98 Å². The Balaban J connectivity index is 1.91. The number of pyridine rings is 1. The van der Waals surface area contributed by atoms with Gasteiger partial charge >= 0.3 is 0 Å². The lowest BCUT2D eigenvalue weighted by Gasteiger charge is -2.23. The van der Waals surface area contributed by atoms with Gasteiger partial charge in [0.1, 0.15) is 0 Å². The molecule has 3 nitrogen and oxygen atoms in total. The summed E-state index contributed by atoms with van der Waals surface area (Å²) >= 11 is 0. The molecule has 0 saturated heterocycles. The number of carbonyl (C=O) groups is 1. The molecule has 3 heteroatoms. The fourth-order valence-electron chi connectivity index (χ4n) is 2.62. The Morgan fingerprint density at radius 3 is 2.59 bits per heavy atom. The fourth-order valence-corrected chi connectivity index (χ4v) is 2.62. The number of Topliss-reactive ketones (excluding diaryl/α,β-unsaturated/α-hetero) is 1. The van der Waals surface area contributed by atoms with Crippen molar-refractivity contribution in [2.24, 2.45) is 11.7 Å². The highest BCUT2D eigenvalue weighted by Gasteiger charge is 2.21. The normalized spacial score (nSPS) is 18.9. The van der Waals surface area contributed by atoms with Crippen molar-refractivity contribution in [1.29, 1.82) is 0 Å². The Morgan fingerprint density at radius 1 is 1.29 bits per heavy atom. The lowest BCUT2D eigenvalue weighted by Crippen LogP contribution is -2.33. The summed E-state index contributed by atoms with van der Waals surface area (Å²) in [4.78, 5) is 16.0. The molecule has 1 heterocycles. The number of hydrogen-bond acceptors (Lipinski definition) is 3. The van der Waals surface area contributed by atoms with Gasteiger partial charge in [0.05, 0.1) is 6.04 Å². The van der Waals surface area contributed by atoms with Crippen molar-refractivity contribution in [3.05, 3.63) is 30.1 Å². The second-order valence-electron chi connectivity index (χ2n) is 4.95. The summed E-state index contributed by atoms with van der Waals surface area (Å²) in [7, 11) is 0. The van der Waals surface area contributed by atoms with Crippen LogP contribution in [0.5, 0.6) is 0 Å². The van der Waals surface area contributed by atoms with Crippen LogP contribution in [0.3, 0.4) is 0 Å². The number of ketones is 1. The fraction of sp³-hybridized carbons (Fsp3) is 0.571. The lowest BCUT2D eigenvalue weighted by atomic mass is 9.83. The number of nitrogens with zero attached hydrogens (tertiary/aromatic N) is 1. The van der Waals surface area contributed by atoms with Crippen molar-refractivity contribution < 1.29 is 4.79 Å². The third kappa shape index (κ3) is 3.37. The minimum atomic E-state index is -0.347. The summed E-state index contributed by atoms with van der Waals surface area (Å²) in [5, 5.41) is 0. The average molecular weight is 232 g/mol. The zero-order valence-electron chi connectivity index (χ0n) is 10.1. The summed E-state index contributed by atoms with van der Waals surface area (Å²) in [5.41, 5.74) is 6.69.